The van der Waals surface area contributed by atoms with E-state index in [0.717, 1.165) is 24.0 Å². The predicted molar refractivity (Wildman–Crippen MR) is 138 cm³/mol. The van der Waals surface area contributed by atoms with Gasteiger partial charge in [0.25, 0.3) is 0 Å². The zero-order chi connectivity index (χ0) is 28.0. The lowest BCUT2D eigenvalue weighted by atomic mass is 10.1. The van der Waals surface area contributed by atoms with Gasteiger partial charge in [-0.05, 0) is 43.5 Å². The predicted octanol–water partition coefficient (Wildman–Crippen LogP) is 4.77. The molecule has 0 aliphatic heterocycles. The molecule has 0 fully saturated rings. The van der Waals surface area contributed by atoms with E-state index in [4.69, 9.17) is 11.6 Å². The van der Waals surface area contributed by atoms with Crippen molar-refractivity contribution in [1.29, 1.82) is 0 Å². The van der Waals surface area contributed by atoms with Crippen molar-refractivity contribution in [3.8, 4) is 0 Å². The molecule has 2 aromatic carbocycles. The minimum absolute atomic E-state index is 0.00745. The molecule has 2 amide bonds. The Hall–Kier alpha value is -2.79. The summed E-state index contributed by atoms with van der Waals surface area (Å²) in [6.45, 7) is 4.99. The normalized spacial score (nSPS) is 12.6. The van der Waals surface area contributed by atoms with Gasteiger partial charge in [-0.15, -0.1) is 0 Å². The van der Waals surface area contributed by atoms with Crippen molar-refractivity contribution >= 4 is 39.1 Å². The van der Waals surface area contributed by atoms with E-state index in [0.29, 0.717) is 28.9 Å². The van der Waals surface area contributed by atoms with Crippen LogP contribution in [0.2, 0.25) is 5.02 Å². The van der Waals surface area contributed by atoms with Gasteiger partial charge >= 0.3 is 6.18 Å². The second-order valence-corrected chi connectivity index (χ2v) is 11.0. The molecule has 1 N–H and O–H groups in total. The molecule has 0 aliphatic carbocycles. The number of carbonyl (C=O) groups is 2. The van der Waals surface area contributed by atoms with E-state index in [-0.39, 0.29) is 18.0 Å². The summed E-state index contributed by atoms with van der Waals surface area (Å²) in [7, 11) is -4.24. The summed E-state index contributed by atoms with van der Waals surface area (Å²) in [6.07, 6.45) is -3.08. The number of sulfonamides is 1. The summed E-state index contributed by atoms with van der Waals surface area (Å²) in [5, 5.41) is 2.48. The number of nitrogens with zero attached hydrogens (tertiary/aromatic N) is 2. The molecule has 2 aromatic rings. The van der Waals surface area contributed by atoms with Crippen LogP contribution in [0.25, 0.3) is 0 Å². The van der Waals surface area contributed by atoms with E-state index in [2.05, 4.69) is 5.32 Å². The molecule has 204 valence electrons. The van der Waals surface area contributed by atoms with Gasteiger partial charge < -0.3 is 10.2 Å². The zero-order valence-electron chi connectivity index (χ0n) is 21.1. The first-order chi connectivity index (χ1) is 17.2. The second kappa shape index (κ2) is 12.6. The van der Waals surface area contributed by atoms with Crippen molar-refractivity contribution in [2.75, 3.05) is 23.7 Å². The highest BCUT2D eigenvalue weighted by atomic mass is 35.5. The molecular formula is C25H31ClF3N3O4S. The van der Waals surface area contributed by atoms with Gasteiger partial charge in [0.05, 0.1) is 22.5 Å². The van der Waals surface area contributed by atoms with Crippen molar-refractivity contribution in [2.45, 2.75) is 52.4 Å². The summed E-state index contributed by atoms with van der Waals surface area (Å²) in [5.74, 6) is -1.17. The smallest absolute Gasteiger partial charge is 0.354 e. The van der Waals surface area contributed by atoms with Gasteiger partial charge in [-0.3, -0.25) is 13.9 Å². The number of rotatable bonds is 11. The van der Waals surface area contributed by atoms with E-state index >= 15 is 0 Å². The van der Waals surface area contributed by atoms with Gasteiger partial charge in [0, 0.05) is 13.1 Å². The minimum atomic E-state index is -4.76. The average molecular weight is 562 g/mol. The molecule has 1 atom stereocenters. The summed E-state index contributed by atoms with van der Waals surface area (Å²) in [5.41, 5.74) is 0.0290. The largest absolute Gasteiger partial charge is 0.416 e. The van der Waals surface area contributed by atoms with E-state index in [9.17, 15) is 31.2 Å². The number of hydrogen-bond donors (Lipinski definition) is 1. The molecule has 0 aromatic heterocycles. The van der Waals surface area contributed by atoms with E-state index < -0.39 is 51.9 Å². The molecule has 0 spiro atoms. The van der Waals surface area contributed by atoms with Crippen LogP contribution in [0.15, 0.2) is 42.5 Å². The molecule has 0 heterocycles. The van der Waals surface area contributed by atoms with Crippen LogP contribution in [-0.4, -0.2) is 50.5 Å². The van der Waals surface area contributed by atoms with Crippen molar-refractivity contribution in [3.05, 3.63) is 64.2 Å². The summed E-state index contributed by atoms with van der Waals surface area (Å²) in [4.78, 5) is 27.8. The van der Waals surface area contributed by atoms with Crippen LogP contribution in [-0.2, 0) is 32.3 Å². The van der Waals surface area contributed by atoms with Crippen molar-refractivity contribution in [2.24, 2.45) is 0 Å². The number of halogens is 4. The molecule has 0 saturated carbocycles. The summed E-state index contributed by atoms with van der Waals surface area (Å²) < 4.78 is 65.9. The fourth-order valence-electron chi connectivity index (χ4n) is 3.77. The Bertz CT molecular complexity index is 1220. The first-order valence-electron chi connectivity index (χ1n) is 11.7. The Balaban J connectivity index is 2.53. The van der Waals surface area contributed by atoms with Crippen molar-refractivity contribution in [3.63, 3.8) is 0 Å². The number of aryl methyl sites for hydroxylation is 1. The topological polar surface area (TPSA) is 86.8 Å². The molecule has 0 aliphatic rings. The number of amides is 2. The fraction of sp³-hybridized carbons (Fsp3) is 0.440. The van der Waals surface area contributed by atoms with Gasteiger partial charge in [-0.2, -0.15) is 13.2 Å². The molecule has 0 saturated heterocycles. The molecule has 0 unspecified atom stereocenters. The Labute approximate surface area is 220 Å². The standard InChI is InChI=1S/C25H31ClF3N3O4S/c1-5-12-30-24(34)21(6-2)31(15-18-9-7-8-17(3)13-18)23(33)16-32(37(4,35)36)22-14-19(25(27,28)29)10-11-20(22)26/h7-11,13-14,21H,5-6,12,15-16H2,1-4H3,(H,30,34)/t21-/m1/s1. The molecule has 7 nitrogen and oxygen atoms in total. The number of anilines is 1. The zero-order valence-corrected chi connectivity index (χ0v) is 22.7. The lowest BCUT2D eigenvalue weighted by Crippen LogP contribution is -2.52. The van der Waals surface area contributed by atoms with Gasteiger partial charge in [-0.25, -0.2) is 8.42 Å². The van der Waals surface area contributed by atoms with Crippen LogP contribution in [0.4, 0.5) is 18.9 Å². The Morgan fingerprint density at radius 2 is 1.78 bits per heavy atom. The monoisotopic (exact) mass is 561 g/mol. The van der Waals surface area contributed by atoms with Crippen LogP contribution >= 0.6 is 11.6 Å². The van der Waals surface area contributed by atoms with Crippen LogP contribution in [0, 0.1) is 6.92 Å². The SMILES string of the molecule is CCCNC(=O)[C@@H](CC)N(Cc1cccc(C)c1)C(=O)CN(c1cc(C(F)(F)F)ccc1Cl)S(C)(=O)=O. The quantitative estimate of drug-likeness (QED) is 0.428. The molecule has 0 radical (unpaired) electrons. The summed E-state index contributed by atoms with van der Waals surface area (Å²) >= 11 is 6.09. The first kappa shape index (κ1) is 30.4. The average Bonchev–Trinajstić information content (AvgIpc) is 2.80. The highest BCUT2D eigenvalue weighted by Crippen LogP contribution is 2.36. The maximum atomic E-state index is 13.6. The van der Waals surface area contributed by atoms with Crippen LogP contribution in [0.5, 0.6) is 0 Å². The van der Waals surface area contributed by atoms with Gasteiger partial charge in [0.2, 0.25) is 21.8 Å². The number of hydrogen-bond acceptors (Lipinski definition) is 4. The second-order valence-electron chi connectivity index (χ2n) is 8.66. The fourth-order valence-corrected chi connectivity index (χ4v) is 4.89. The molecule has 2 rings (SSSR count). The van der Waals surface area contributed by atoms with E-state index in [1.807, 2.05) is 26.0 Å². The van der Waals surface area contributed by atoms with Gasteiger partial charge in [0.15, 0.2) is 0 Å². The molecule has 37 heavy (non-hydrogen) atoms. The van der Waals surface area contributed by atoms with Gasteiger partial charge in [0.1, 0.15) is 12.6 Å². The van der Waals surface area contributed by atoms with Crippen molar-refractivity contribution in [1.82, 2.24) is 10.2 Å². The van der Waals surface area contributed by atoms with Crippen LogP contribution in [0.1, 0.15) is 43.4 Å². The van der Waals surface area contributed by atoms with E-state index in [1.165, 1.54) is 4.90 Å². The number of carbonyl (C=O) groups excluding carboxylic acids is 2. The summed E-state index contributed by atoms with van der Waals surface area (Å²) in [6, 6.07) is 8.56. The highest BCUT2D eigenvalue weighted by Gasteiger charge is 2.35. The Morgan fingerprint density at radius 1 is 1.11 bits per heavy atom. The first-order valence-corrected chi connectivity index (χ1v) is 13.9. The van der Waals surface area contributed by atoms with Crippen molar-refractivity contribution < 1.29 is 31.2 Å². The Kier molecular flexibility index (Phi) is 10.4. The number of benzene rings is 2. The highest BCUT2D eigenvalue weighted by molar-refractivity contribution is 7.92. The minimum Gasteiger partial charge on any atom is -0.354 e. The number of alkyl halides is 3. The molecule has 0 bridgehead atoms. The van der Waals surface area contributed by atoms with Gasteiger partial charge in [-0.1, -0.05) is 55.3 Å². The third-order valence-corrected chi connectivity index (χ3v) is 7.04. The van der Waals surface area contributed by atoms with Crippen LogP contribution in [0.3, 0.4) is 0 Å². The third kappa shape index (κ3) is 8.36. The van der Waals surface area contributed by atoms with E-state index in [1.54, 1.807) is 19.1 Å². The van der Waals surface area contributed by atoms with Crippen LogP contribution < -0.4 is 9.62 Å². The maximum absolute atomic E-state index is 13.6. The lowest BCUT2D eigenvalue weighted by molar-refractivity contribution is -0.140. The lowest BCUT2D eigenvalue weighted by Gasteiger charge is -2.33. The maximum Gasteiger partial charge on any atom is 0.416 e. The Morgan fingerprint density at radius 3 is 2.32 bits per heavy atom. The molecule has 12 heteroatoms. The number of nitrogens with one attached hydrogen (secondary N) is 1. The molecular weight excluding hydrogens is 531 g/mol. The third-order valence-electron chi connectivity index (χ3n) is 5.59.